The van der Waals surface area contributed by atoms with Crippen LogP contribution in [0.5, 0.6) is 0 Å². The third kappa shape index (κ3) is 1.94. The Labute approximate surface area is 76.2 Å². The van der Waals surface area contributed by atoms with Crippen molar-refractivity contribution in [2.45, 2.75) is 12.5 Å². The summed E-state index contributed by atoms with van der Waals surface area (Å²) < 4.78 is 0. The maximum atomic E-state index is 8.92. The van der Waals surface area contributed by atoms with E-state index in [-0.39, 0.29) is 6.61 Å². The predicted octanol–water partition coefficient (Wildman–Crippen LogP) is 0.901. The van der Waals surface area contributed by atoms with Gasteiger partial charge < -0.3 is 10.8 Å². The van der Waals surface area contributed by atoms with E-state index in [1.807, 2.05) is 0 Å². The lowest BCUT2D eigenvalue weighted by Gasteiger charge is -2.20. The molecule has 12 heavy (non-hydrogen) atoms. The zero-order valence-electron chi connectivity index (χ0n) is 6.79. The first kappa shape index (κ1) is 9.45. The molecule has 1 unspecified atom stereocenters. The molecule has 0 radical (unpaired) electrons. The fourth-order valence-electron chi connectivity index (χ4n) is 0.795. The summed E-state index contributed by atoms with van der Waals surface area (Å²) in [6.07, 6.45) is 1.51. The first-order valence-electron chi connectivity index (χ1n) is 3.58. The lowest BCUT2D eigenvalue weighted by molar-refractivity contribution is 0.207. The van der Waals surface area contributed by atoms with Crippen LogP contribution < -0.4 is 5.73 Å². The van der Waals surface area contributed by atoms with Crippen LogP contribution in [0.15, 0.2) is 18.3 Å². The standard InChI is InChI=1S/C8H11ClN2O/c1-8(10,5-12)7-3-2-6(9)4-11-7/h2-4,12H,5,10H2,1H3. The van der Waals surface area contributed by atoms with Crippen LogP contribution in [0.25, 0.3) is 0 Å². The third-order valence-electron chi connectivity index (χ3n) is 1.64. The van der Waals surface area contributed by atoms with Crippen molar-refractivity contribution in [3.63, 3.8) is 0 Å². The van der Waals surface area contributed by atoms with E-state index >= 15 is 0 Å². The van der Waals surface area contributed by atoms with E-state index in [4.69, 9.17) is 22.4 Å². The van der Waals surface area contributed by atoms with E-state index in [9.17, 15) is 0 Å². The fourth-order valence-corrected chi connectivity index (χ4v) is 0.906. The highest BCUT2D eigenvalue weighted by Crippen LogP contribution is 2.15. The van der Waals surface area contributed by atoms with Crippen molar-refractivity contribution in [1.82, 2.24) is 4.98 Å². The van der Waals surface area contributed by atoms with E-state index in [1.54, 1.807) is 19.1 Å². The molecular weight excluding hydrogens is 176 g/mol. The Morgan fingerprint density at radius 2 is 2.33 bits per heavy atom. The van der Waals surface area contributed by atoms with Crippen LogP contribution in [0, 0.1) is 0 Å². The second-order valence-electron chi connectivity index (χ2n) is 2.94. The molecule has 1 heterocycles. The van der Waals surface area contributed by atoms with Gasteiger partial charge in [0, 0.05) is 6.20 Å². The Morgan fingerprint density at radius 3 is 2.75 bits per heavy atom. The van der Waals surface area contributed by atoms with Crippen LogP contribution in [0.3, 0.4) is 0 Å². The molecule has 1 rings (SSSR count). The number of pyridine rings is 1. The summed E-state index contributed by atoms with van der Waals surface area (Å²) in [6.45, 7) is 1.57. The number of hydrogen-bond acceptors (Lipinski definition) is 3. The lowest BCUT2D eigenvalue weighted by Crippen LogP contribution is -2.37. The molecule has 0 bridgehead atoms. The SMILES string of the molecule is CC(N)(CO)c1ccc(Cl)cn1. The number of aliphatic hydroxyl groups excluding tert-OH is 1. The van der Waals surface area contributed by atoms with Gasteiger partial charge in [-0.3, -0.25) is 4.98 Å². The van der Waals surface area contributed by atoms with Gasteiger partial charge in [-0.15, -0.1) is 0 Å². The average Bonchev–Trinajstić information content (AvgIpc) is 2.05. The second kappa shape index (κ2) is 3.39. The zero-order chi connectivity index (χ0) is 9.19. The highest BCUT2D eigenvalue weighted by Gasteiger charge is 2.20. The van der Waals surface area contributed by atoms with Gasteiger partial charge in [0.05, 0.1) is 22.9 Å². The Morgan fingerprint density at radius 1 is 1.67 bits per heavy atom. The maximum absolute atomic E-state index is 8.92. The topological polar surface area (TPSA) is 59.1 Å². The number of nitrogens with zero attached hydrogens (tertiary/aromatic N) is 1. The normalized spacial score (nSPS) is 15.7. The van der Waals surface area contributed by atoms with Gasteiger partial charge in [0.1, 0.15) is 0 Å². The number of rotatable bonds is 2. The number of halogens is 1. The minimum Gasteiger partial charge on any atom is -0.394 e. The van der Waals surface area contributed by atoms with Crippen molar-refractivity contribution in [2.24, 2.45) is 5.73 Å². The molecule has 1 aromatic rings. The summed E-state index contributed by atoms with van der Waals surface area (Å²) in [5.74, 6) is 0. The molecule has 0 aliphatic heterocycles. The van der Waals surface area contributed by atoms with E-state index in [1.165, 1.54) is 6.20 Å². The molecule has 4 heteroatoms. The maximum Gasteiger partial charge on any atom is 0.0789 e. The largest absolute Gasteiger partial charge is 0.394 e. The summed E-state index contributed by atoms with van der Waals surface area (Å²) in [6, 6.07) is 3.41. The molecule has 66 valence electrons. The Bertz CT molecular complexity index is 258. The molecule has 0 aromatic carbocycles. The minimum absolute atomic E-state index is 0.137. The van der Waals surface area contributed by atoms with Crippen LogP contribution >= 0.6 is 11.6 Å². The van der Waals surface area contributed by atoms with Crippen LogP contribution in [0.4, 0.5) is 0 Å². The van der Waals surface area contributed by atoms with Gasteiger partial charge in [-0.25, -0.2) is 0 Å². The number of nitrogens with two attached hydrogens (primary N) is 1. The van der Waals surface area contributed by atoms with E-state index < -0.39 is 5.54 Å². The number of hydrogen-bond donors (Lipinski definition) is 2. The van der Waals surface area contributed by atoms with E-state index in [0.29, 0.717) is 10.7 Å². The van der Waals surface area contributed by atoms with Gasteiger partial charge >= 0.3 is 0 Å². The van der Waals surface area contributed by atoms with Crippen molar-refractivity contribution >= 4 is 11.6 Å². The molecule has 0 amide bonds. The highest BCUT2D eigenvalue weighted by molar-refractivity contribution is 6.30. The molecule has 1 atom stereocenters. The predicted molar refractivity (Wildman–Crippen MR) is 47.9 cm³/mol. The monoisotopic (exact) mass is 186 g/mol. The average molecular weight is 187 g/mol. The third-order valence-corrected chi connectivity index (χ3v) is 1.86. The summed E-state index contributed by atoms with van der Waals surface area (Å²) in [5.41, 5.74) is 5.58. The van der Waals surface area contributed by atoms with Gasteiger partial charge in [-0.05, 0) is 19.1 Å². The first-order chi connectivity index (χ1) is 5.56. The zero-order valence-corrected chi connectivity index (χ0v) is 7.54. The van der Waals surface area contributed by atoms with Crippen LogP contribution in [0.1, 0.15) is 12.6 Å². The van der Waals surface area contributed by atoms with Crippen molar-refractivity contribution in [3.05, 3.63) is 29.0 Å². The second-order valence-corrected chi connectivity index (χ2v) is 3.37. The Kier molecular flexibility index (Phi) is 2.67. The van der Waals surface area contributed by atoms with Crippen molar-refractivity contribution in [1.29, 1.82) is 0 Å². The summed E-state index contributed by atoms with van der Waals surface area (Å²) in [5, 5.41) is 9.48. The van der Waals surface area contributed by atoms with Crippen LogP contribution in [0.2, 0.25) is 5.02 Å². The molecule has 0 saturated heterocycles. The summed E-state index contributed by atoms with van der Waals surface area (Å²) in [7, 11) is 0. The summed E-state index contributed by atoms with van der Waals surface area (Å²) >= 11 is 5.64. The van der Waals surface area contributed by atoms with Crippen LogP contribution in [-0.2, 0) is 5.54 Å². The molecule has 3 nitrogen and oxygen atoms in total. The lowest BCUT2D eigenvalue weighted by atomic mass is 10.0. The Balaban J connectivity index is 2.96. The van der Waals surface area contributed by atoms with Gasteiger partial charge in [-0.1, -0.05) is 11.6 Å². The molecule has 0 saturated carbocycles. The molecule has 1 aromatic heterocycles. The van der Waals surface area contributed by atoms with E-state index in [0.717, 1.165) is 0 Å². The number of aromatic nitrogens is 1. The first-order valence-corrected chi connectivity index (χ1v) is 3.96. The van der Waals surface area contributed by atoms with Gasteiger partial charge in [-0.2, -0.15) is 0 Å². The molecule has 3 N–H and O–H groups in total. The van der Waals surface area contributed by atoms with Crippen molar-refractivity contribution < 1.29 is 5.11 Å². The van der Waals surface area contributed by atoms with Gasteiger partial charge in [0.25, 0.3) is 0 Å². The molecule has 0 aliphatic rings. The molecular formula is C8H11ClN2O. The van der Waals surface area contributed by atoms with Crippen molar-refractivity contribution in [2.75, 3.05) is 6.61 Å². The summed E-state index contributed by atoms with van der Waals surface area (Å²) in [4.78, 5) is 4.00. The molecule has 0 fully saturated rings. The smallest absolute Gasteiger partial charge is 0.0789 e. The van der Waals surface area contributed by atoms with E-state index in [2.05, 4.69) is 4.98 Å². The molecule has 0 aliphatic carbocycles. The minimum atomic E-state index is -0.787. The fraction of sp³-hybridized carbons (Fsp3) is 0.375. The quantitative estimate of drug-likeness (QED) is 0.722. The van der Waals surface area contributed by atoms with Crippen molar-refractivity contribution in [3.8, 4) is 0 Å². The Hall–Kier alpha value is -0.640. The van der Waals surface area contributed by atoms with Gasteiger partial charge in [0.2, 0.25) is 0 Å². The molecule has 0 spiro atoms. The number of aliphatic hydroxyl groups is 1. The van der Waals surface area contributed by atoms with Gasteiger partial charge in [0.15, 0.2) is 0 Å². The van der Waals surface area contributed by atoms with Crippen LogP contribution in [-0.4, -0.2) is 16.7 Å². The highest BCUT2D eigenvalue weighted by atomic mass is 35.5.